The van der Waals surface area contributed by atoms with Crippen LogP contribution in [0.5, 0.6) is 0 Å². The van der Waals surface area contributed by atoms with E-state index in [1.54, 1.807) is 24.3 Å². The lowest BCUT2D eigenvalue weighted by molar-refractivity contribution is 0.0569. The highest BCUT2D eigenvalue weighted by Gasteiger charge is 2.39. The van der Waals surface area contributed by atoms with E-state index in [1.807, 2.05) is 0 Å². The third-order valence-corrected chi connectivity index (χ3v) is 7.12. The van der Waals surface area contributed by atoms with Gasteiger partial charge in [-0.1, -0.05) is 49.0 Å². The number of nitrogens with zero attached hydrogens (tertiary/aromatic N) is 2. The summed E-state index contributed by atoms with van der Waals surface area (Å²) in [5.74, 6) is -1.19. The van der Waals surface area contributed by atoms with Crippen LogP contribution in [0.2, 0.25) is 0 Å². The molecule has 0 aromatic heterocycles. The molecule has 0 radical (unpaired) electrons. The van der Waals surface area contributed by atoms with Crippen LogP contribution in [0, 0.1) is 5.92 Å². The average Bonchev–Trinajstić information content (AvgIpc) is 2.80. The maximum atomic E-state index is 13.4. The van der Waals surface area contributed by atoms with E-state index >= 15 is 0 Å². The first-order valence-electron chi connectivity index (χ1n) is 11.3. The lowest BCUT2D eigenvalue weighted by atomic mass is 9.85. The van der Waals surface area contributed by atoms with Crippen molar-refractivity contribution >= 4 is 50.3 Å². The Hall–Kier alpha value is -2.54. The van der Waals surface area contributed by atoms with Crippen molar-refractivity contribution < 1.29 is 19.2 Å². The number of benzene rings is 2. The van der Waals surface area contributed by atoms with Gasteiger partial charge in [0.15, 0.2) is 0 Å². The van der Waals surface area contributed by atoms with Crippen LogP contribution in [0.1, 0.15) is 87.4 Å². The number of hydrogen-bond donors (Lipinski definition) is 0. The lowest BCUT2D eigenvalue weighted by Crippen LogP contribution is -2.44. The van der Waals surface area contributed by atoms with E-state index in [0.29, 0.717) is 57.9 Å². The van der Waals surface area contributed by atoms with Crippen LogP contribution < -0.4 is 0 Å². The smallest absolute Gasteiger partial charge is 0.261 e. The zero-order valence-corrected chi connectivity index (χ0v) is 20.0. The Morgan fingerprint density at radius 1 is 0.750 bits per heavy atom. The van der Waals surface area contributed by atoms with Gasteiger partial charge in [-0.15, -0.1) is 0 Å². The first-order chi connectivity index (χ1) is 15.4. The van der Waals surface area contributed by atoms with E-state index in [1.165, 1.54) is 9.80 Å². The normalized spacial score (nSPS) is 16.3. The Kier molecular flexibility index (Phi) is 6.47. The molecule has 2 aliphatic heterocycles. The molecule has 168 valence electrons. The topological polar surface area (TPSA) is 74.8 Å². The molecular weight excluding hydrogens is 472 g/mol. The maximum Gasteiger partial charge on any atom is 0.261 e. The molecule has 1 atom stereocenters. The van der Waals surface area contributed by atoms with E-state index in [9.17, 15) is 19.2 Å². The summed E-state index contributed by atoms with van der Waals surface area (Å²) < 4.78 is 0. The molecule has 0 N–H and O–H groups in total. The van der Waals surface area contributed by atoms with Crippen LogP contribution in [-0.2, 0) is 0 Å². The van der Waals surface area contributed by atoms with E-state index in [-0.39, 0.29) is 29.5 Å². The van der Waals surface area contributed by atoms with Gasteiger partial charge < -0.3 is 0 Å². The third kappa shape index (κ3) is 3.56. The molecule has 7 heteroatoms. The van der Waals surface area contributed by atoms with Crippen molar-refractivity contribution in [2.24, 2.45) is 5.92 Å². The second kappa shape index (κ2) is 9.14. The molecular formula is C25H27BrN2O4. The second-order valence-corrected chi connectivity index (χ2v) is 9.31. The van der Waals surface area contributed by atoms with E-state index < -0.39 is 0 Å². The predicted molar refractivity (Wildman–Crippen MR) is 126 cm³/mol. The van der Waals surface area contributed by atoms with E-state index in [2.05, 4.69) is 29.8 Å². The van der Waals surface area contributed by atoms with Gasteiger partial charge in [0, 0.05) is 51.4 Å². The summed E-state index contributed by atoms with van der Waals surface area (Å²) in [6.07, 6.45) is 4.64. The Morgan fingerprint density at radius 2 is 1.22 bits per heavy atom. The minimum Gasteiger partial charge on any atom is -0.274 e. The minimum absolute atomic E-state index is 0.253. The van der Waals surface area contributed by atoms with Gasteiger partial charge in [0.05, 0.1) is 0 Å². The Morgan fingerprint density at radius 3 is 1.62 bits per heavy atom. The fourth-order valence-electron chi connectivity index (χ4n) is 4.74. The van der Waals surface area contributed by atoms with E-state index in [0.717, 1.165) is 25.7 Å². The summed E-state index contributed by atoms with van der Waals surface area (Å²) in [7, 11) is 0. The Balaban J connectivity index is 1.79. The van der Waals surface area contributed by atoms with Crippen LogP contribution in [-0.4, -0.2) is 51.8 Å². The van der Waals surface area contributed by atoms with Crippen LogP contribution in [0.3, 0.4) is 0 Å². The van der Waals surface area contributed by atoms with Gasteiger partial charge in [-0.25, -0.2) is 0 Å². The fourth-order valence-corrected chi connectivity index (χ4v) is 4.99. The molecule has 4 amide bonds. The Bertz CT molecular complexity index is 1060. The summed E-state index contributed by atoms with van der Waals surface area (Å²) in [6, 6.07) is 6.52. The third-order valence-electron chi connectivity index (χ3n) is 6.56. The van der Waals surface area contributed by atoms with Crippen molar-refractivity contribution in [2.75, 3.05) is 18.4 Å². The van der Waals surface area contributed by atoms with Crippen molar-refractivity contribution in [2.45, 2.75) is 46.0 Å². The lowest BCUT2D eigenvalue weighted by Gasteiger charge is -2.33. The molecule has 2 aromatic rings. The van der Waals surface area contributed by atoms with Crippen LogP contribution >= 0.6 is 15.9 Å². The Labute approximate surface area is 196 Å². The fraction of sp³-hybridized carbons (Fsp3) is 0.440. The van der Waals surface area contributed by atoms with Gasteiger partial charge in [0.25, 0.3) is 23.6 Å². The average molecular weight is 499 g/mol. The molecule has 32 heavy (non-hydrogen) atoms. The predicted octanol–water partition coefficient (Wildman–Crippen LogP) is 5.03. The quantitative estimate of drug-likeness (QED) is 0.358. The largest absolute Gasteiger partial charge is 0.274 e. The van der Waals surface area contributed by atoms with Gasteiger partial charge in [-0.3, -0.25) is 29.0 Å². The molecule has 0 saturated heterocycles. The molecule has 0 fully saturated rings. The SMILES string of the molecule is CCCCC(CC)CN1C(=O)c2ccc3c4c(ccc(c24)C1=O)C(=O)N(CCCBr)C3=O. The molecule has 0 aliphatic carbocycles. The number of amides is 4. The molecule has 0 spiro atoms. The van der Waals surface area contributed by atoms with Crippen LogP contribution in [0.4, 0.5) is 0 Å². The van der Waals surface area contributed by atoms with Crippen LogP contribution in [0.15, 0.2) is 24.3 Å². The maximum absolute atomic E-state index is 13.4. The standard InChI is InChI=1S/C25H27BrN2O4/c1-3-5-7-15(4-2)14-28-24(31)18-10-8-16-20-17(9-11-19(21(18)20)25(28)32)23(30)27(22(16)29)13-6-12-26/h8-11,15H,3-7,12-14H2,1-2H3. The minimum atomic E-state index is -0.375. The summed E-state index contributed by atoms with van der Waals surface area (Å²) in [5.41, 5.74) is 1.52. The summed E-state index contributed by atoms with van der Waals surface area (Å²) in [6.45, 7) is 4.91. The molecule has 1 unspecified atom stereocenters. The molecule has 2 aliphatic rings. The second-order valence-electron chi connectivity index (χ2n) is 8.51. The number of unbranched alkanes of at least 4 members (excludes halogenated alkanes) is 1. The zero-order chi connectivity index (χ0) is 23.0. The van der Waals surface area contributed by atoms with Gasteiger partial charge in [0.1, 0.15) is 0 Å². The van der Waals surface area contributed by atoms with Crippen molar-refractivity contribution in [3.63, 3.8) is 0 Å². The van der Waals surface area contributed by atoms with E-state index in [4.69, 9.17) is 0 Å². The molecule has 2 heterocycles. The first-order valence-corrected chi connectivity index (χ1v) is 12.4. The highest BCUT2D eigenvalue weighted by atomic mass is 79.9. The number of hydrogen-bond acceptors (Lipinski definition) is 4. The van der Waals surface area contributed by atoms with Crippen molar-refractivity contribution in [1.29, 1.82) is 0 Å². The van der Waals surface area contributed by atoms with Crippen LogP contribution in [0.25, 0.3) is 10.8 Å². The number of carbonyl (C=O) groups is 4. The summed E-state index contributed by atoms with van der Waals surface area (Å²) >= 11 is 3.34. The zero-order valence-electron chi connectivity index (χ0n) is 18.4. The highest BCUT2D eigenvalue weighted by molar-refractivity contribution is 9.09. The van der Waals surface area contributed by atoms with Crippen molar-refractivity contribution in [3.8, 4) is 0 Å². The summed E-state index contributed by atoms with van der Waals surface area (Å²) in [4.78, 5) is 55.4. The van der Waals surface area contributed by atoms with Gasteiger partial charge in [-0.05, 0) is 43.0 Å². The highest BCUT2D eigenvalue weighted by Crippen LogP contribution is 2.38. The molecule has 4 rings (SSSR count). The molecule has 2 aromatic carbocycles. The molecule has 6 nitrogen and oxygen atoms in total. The number of carbonyl (C=O) groups excluding carboxylic acids is 4. The van der Waals surface area contributed by atoms with Crippen molar-refractivity contribution in [1.82, 2.24) is 9.80 Å². The van der Waals surface area contributed by atoms with Gasteiger partial charge in [-0.2, -0.15) is 0 Å². The molecule has 0 bridgehead atoms. The number of rotatable bonds is 9. The van der Waals surface area contributed by atoms with Gasteiger partial charge >= 0.3 is 0 Å². The number of alkyl halides is 1. The number of halogens is 1. The van der Waals surface area contributed by atoms with Gasteiger partial charge in [0.2, 0.25) is 0 Å². The first kappa shape index (κ1) is 22.6. The molecule has 0 saturated carbocycles. The van der Waals surface area contributed by atoms with Crippen molar-refractivity contribution in [3.05, 3.63) is 46.5 Å². The number of imide groups is 2. The summed E-state index contributed by atoms with van der Waals surface area (Å²) in [5, 5.41) is 1.55. The monoisotopic (exact) mass is 498 g/mol.